The number of aromatic nitrogens is 2. The average molecular weight is 310 g/mol. The monoisotopic (exact) mass is 310 g/mol. The minimum absolute atomic E-state index is 0.150. The molecule has 3 aromatic rings. The predicted octanol–water partition coefficient (Wildman–Crippen LogP) is 2.65. The third-order valence-corrected chi connectivity index (χ3v) is 3.46. The Kier molecular flexibility index (Phi) is 3.76. The Labute approximate surface area is 130 Å². The predicted molar refractivity (Wildman–Crippen MR) is 84.9 cm³/mol. The van der Waals surface area contributed by atoms with E-state index in [0.717, 1.165) is 11.1 Å². The lowest BCUT2D eigenvalue weighted by atomic mass is 10.1. The first-order valence-corrected chi connectivity index (χ1v) is 6.96. The number of benzene rings is 1. The SMILES string of the molecule is Cc1cccc2c(N=NC(=O)Cn3ccccc3=O)c(O)[nH]c12. The summed E-state index contributed by atoms with van der Waals surface area (Å²) in [5, 5.41) is 18.0. The Bertz CT molecular complexity index is 969. The van der Waals surface area contributed by atoms with Crippen molar-refractivity contribution in [3.8, 4) is 5.88 Å². The number of hydrogen-bond acceptors (Lipinski definition) is 4. The highest BCUT2D eigenvalue weighted by Gasteiger charge is 2.12. The molecular formula is C16H14N4O3. The molecule has 0 aliphatic carbocycles. The number of nitrogens with one attached hydrogen (secondary N) is 1. The number of aromatic amines is 1. The molecule has 2 heterocycles. The van der Waals surface area contributed by atoms with Crippen LogP contribution < -0.4 is 5.56 Å². The zero-order valence-corrected chi connectivity index (χ0v) is 12.4. The van der Waals surface area contributed by atoms with Crippen molar-refractivity contribution in [1.82, 2.24) is 9.55 Å². The Morgan fingerprint density at radius 1 is 1.26 bits per heavy atom. The molecule has 0 aliphatic rings. The molecule has 7 heteroatoms. The molecule has 0 atom stereocenters. The number of aromatic hydroxyl groups is 1. The van der Waals surface area contributed by atoms with Crippen LogP contribution in [0.25, 0.3) is 10.9 Å². The molecule has 0 spiro atoms. The van der Waals surface area contributed by atoms with E-state index in [1.807, 2.05) is 19.1 Å². The second-order valence-corrected chi connectivity index (χ2v) is 5.08. The molecule has 0 radical (unpaired) electrons. The molecule has 3 rings (SSSR count). The molecule has 1 aromatic carbocycles. The van der Waals surface area contributed by atoms with Crippen LogP contribution in [0.15, 0.2) is 57.6 Å². The number of pyridine rings is 1. The van der Waals surface area contributed by atoms with Crippen molar-refractivity contribution >= 4 is 22.5 Å². The average Bonchev–Trinajstić information content (AvgIpc) is 2.85. The van der Waals surface area contributed by atoms with Gasteiger partial charge in [-0.25, -0.2) is 0 Å². The highest BCUT2D eigenvalue weighted by Crippen LogP contribution is 2.36. The zero-order chi connectivity index (χ0) is 16.4. The van der Waals surface area contributed by atoms with E-state index in [1.165, 1.54) is 16.8 Å². The van der Waals surface area contributed by atoms with E-state index in [2.05, 4.69) is 15.2 Å². The summed E-state index contributed by atoms with van der Waals surface area (Å²) in [6.45, 7) is 1.69. The van der Waals surface area contributed by atoms with Gasteiger partial charge in [0.05, 0.1) is 5.52 Å². The first kappa shape index (κ1) is 14.7. The van der Waals surface area contributed by atoms with Crippen molar-refractivity contribution < 1.29 is 9.90 Å². The highest BCUT2D eigenvalue weighted by molar-refractivity contribution is 5.96. The number of carbonyl (C=O) groups is 1. The Morgan fingerprint density at radius 3 is 2.87 bits per heavy atom. The number of H-pyrrole nitrogens is 1. The van der Waals surface area contributed by atoms with Crippen LogP contribution in [-0.2, 0) is 11.3 Å². The molecule has 1 amide bonds. The van der Waals surface area contributed by atoms with E-state index in [9.17, 15) is 14.7 Å². The number of rotatable bonds is 3. The molecule has 2 aromatic heterocycles. The number of amides is 1. The molecule has 116 valence electrons. The molecule has 0 fully saturated rings. The molecule has 0 unspecified atom stereocenters. The van der Waals surface area contributed by atoms with Crippen LogP contribution in [0.4, 0.5) is 5.69 Å². The lowest BCUT2D eigenvalue weighted by molar-refractivity contribution is -0.118. The molecule has 0 bridgehead atoms. The second kappa shape index (κ2) is 5.88. The van der Waals surface area contributed by atoms with E-state index in [1.54, 1.807) is 18.2 Å². The first-order chi connectivity index (χ1) is 11.1. The van der Waals surface area contributed by atoms with E-state index in [0.29, 0.717) is 5.39 Å². The zero-order valence-electron chi connectivity index (χ0n) is 12.4. The van der Waals surface area contributed by atoms with Crippen LogP contribution >= 0.6 is 0 Å². The highest BCUT2D eigenvalue weighted by atomic mass is 16.3. The maximum Gasteiger partial charge on any atom is 0.284 e. The number of nitrogens with zero attached hydrogens (tertiary/aromatic N) is 3. The molecule has 23 heavy (non-hydrogen) atoms. The fraction of sp³-hybridized carbons (Fsp3) is 0.125. The van der Waals surface area contributed by atoms with Gasteiger partial charge in [0.15, 0.2) is 5.69 Å². The van der Waals surface area contributed by atoms with Crippen LogP contribution in [0.3, 0.4) is 0 Å². The maximum absolute atomic E-state index is 11.9. The first-order valence-electron chi connectivity index (χ1n) is 6.96. The third kappa shape index (κ3) is 2.89. The van der Waals surface area contributed by atoms with Gasteiger partial charge in [-0.15, -0.1) is 10.2 Å². The lowest BCUT2D eigenvalue weighted by Crippen LogP contribution is -2.21. The van der Waals surface area contributed by atoms with Gasteiger partial charge in [0.1, 0.15) is 6.54 Å². The van der Waals surface area contributed by atoms with Crippen LogP contribution in [0.2, 0.25) is 0 Å². The largest absolute Gasteiger partial charge is 0.493 e. The van der Waals surface area contributed by atoms with Gasteiger partial charge in [-0.3, -0.25) is 9.59 Å². The number of aryl methyl sites for hydroxylation is 1. The Balaban J connectivity index is 1.87. The Morgan fingerprint density at radius 2 is 2.09 bits per heavy atom. The summed E-state index contributed by atoms with van der Waals surface area (Å²) in [7, 11) is 0. The molecule has 7 nitrogen and oxygen atoms in total. The summed E-state index contributed by atoms with van der Waals surface area (Å²) in [6.07, 6.45) is 1.50. The smallest absolute Gasteiger partial charge is 0.284 e. The van der Waals surface area contributed by atoms with Crippen LogP contribution in [0.1, 0.15) is 5.56 Å². The van der Waals surface area contributed by atoms with E-state index in [4.69, 9.17) is 0 Å². The summed E-state index contributed by atoms with van der Waals surface area (Å²) in [4.78, 5) is 26.2. The Hall–Kier alpha value is -3.22. The van der Waals surface area contributed by atoms with Gasteiger partial charge in [-0.1, -0.05) is 24.3 Å². The van der Waals surface area contributed by atoms with E-state index in [-0.39, 0.29) is 23.7 Å². The topological polar surface area (TPSA) is 99.8 Å². The van der Waals surface area contributed by atoms with Gasteiger partial charge in [0.25, 0.3) is 11.5 Å². The van der Waals surface area contributed by atoms with Crippen molar-refractivity contribution in [3.05, 3.63) is 58.5 Å². The van der Waals surface area contributed by atoms with Gasteiger partial charge in [-0.2, -0.15) is 0 Å². The van der Waals surface area contributed by atoms with Crippen molar-refractivity contribution in [2.75, 3.05) is 0 Å². The summed E-state index contributed by atoms with van der Waals surface area (Å²) < 4.78 is 1.24. The molecule has 2 N–H and O–H groups in total. The van der Waals surface area contributed by atoms with Crippen molar-refractivity contribution in [1.29, 1.82) is 0 Å². The fourth-order valence-corrected chi connectivity index (χ4v) is 2.31. The van der Waals surface area contributed by atoms with E-state index < -0.39 is 5.91 Å². The maximum atomic E-state index is 11.9. The number of azo groups is 1. The fourth-order valence-electron chi connectivity index (χ4n) is 2.31. The molecule has 0 saturated carbocycles. The van der Waals surface area contributed by atoms with Crippen molar-refractivity contribution in [3.63, 3.8) is 0 Å². The summed E-state index contributed by atoms with van der Waals surface area (Å²) >= 11 is 0. The van der Waals surface area contributed by atoms with Gasteiger partial charge >= 0.3 is 0 Å². The minimum atomic E-state index is -0.584. The van der Waals surface area contributed by atoms with Crippen LogP contribution in [-0.4, -0.2) is 20.6 Å². The number of carbonyl (C=O) groups excluding carboxylic acids is 1. The quantitative estimate of drug-likeness (QED) is 0.727. The number of hydrogen-bond donors (Lipinski definition) is 2. The second-order valence-electron chi connectivity index (χ2n) is 5.08. The normalized spacial score (nSPS) is 11.3. The summed E-state index contributed by atoms with van der Waals surface area (Å²) in [5.74, 6) is -0.734. The summed E-state index contributed by atoms with van der Waals surface area (Å²) in [6, 6.07) is 10.1. The number of fused-ring (bicyclic) bond motifs is 1. The standard InChI is InChI=1S/C16H14N4O3/c1-10-5-4-6-11-14(10)17-16(23)15(11)19-18-12(21)9-20-8-3-2-7-13(20)22/h2-8,17,23H,9H2,1H3. The van der Waals surface area contributed by atoms with Crippen LogP contribution in [0.5, 0.6) is 5.88 Å². The van der Waals surface area contributed by atoms with Crippen molar-refractivity contribution in [2.45, 2.75) is 13.5 Å². The van der Waals surface area contributed by atoms with Gasteiger partial charge in [-0.05, 0) is 18.6 Å². The van der Waals surface area contributed by atoms with Crippen molar-refractivity contribution in [2.24, 2.45) is 10.2 Å². The molecule has 0 saturated heterocycles. The van der Waals surface area contributed by atoms with Gasteiger partial charge in [0.2, 0.25) is 5.88 Å². The third-order valence-electron chi connectivity index (χ3n) is 3.46. The van der Waals surface area contributed by atoms with Crippen LogP contribution in [0, 0.1) is 6.92 Å². The van der Waals surface area contributed by atoms with E-state index >= 15 is 0 Å². The lowest BCUT2D eigenvalue weighted by Gasteiger charge is -1.99. The molecule has 0 aliphatic heterocycles. The minimum Gasteiger partial charge on any atom is -0.493 e. The van der Waals surface area contributed by atoms with Gasteiger partial charge in [0, 0.05) is 17.6 Å². The molecular weight excluding hydrogens is 296 g/mol. The summed E-state index contributed by atoms with van der Waals surface area (Å²) in [5.41, 5.74) is 1.60. The number of para-hydroxylation sites is 1. The van der Waals surface area contributed by atoms with Gasteiger partial charge < -0.3 is 14.7 Å².